The minimum atomic E-state index is -0.279. The summed E-state index contributed by atoms with van der Waals surface area (Å²) in [7, 11) is 0. The summed E-state index contributed by atoms with van der Waals surface area (Å²) in [6.45, 7) is 7.55. The minimum absolute atomic E-state index is 0.100. The Bertz CT molecular complexity index is 847. The Balaban J connectivity index is 1.83. The van der Waals surface area contributed by atoms with Crippen molar-refractivity contribution >= 4 is 28.2 Å². The van der Waals surface area contributed by atoms with Gasteiger partial charge in [-0.3, -0.25) is 9.59 Å². The van der Waals surface area contributed by atoms with E-state index in [4.69, 9.17) is 4.52 Å². The molecule has 1 aliphatic rings. The summed E-state index contributed by atoms with van der Waals surface area (Å²) in [5.74, 6) is 0.109. The van der Waals surface area contributed by atoms with Crippen molar-refractivity contribution in [2.45, 2.75) is 72.3 Å². The van der Waals surface area contributed by atoms with E-state index in [0.717, 1.165) is 36.1 Å². The third kappa shape index (κ3) is 4.08. The number of thiophene rings is 1. The lowest BCUT2D eigenvalue weighted by Gasteiger charge is -2.23. The third-order valence-electron chi connectivity index (χ3n) is 5.28. The van der Waals surface area contributed by atoms with Crippen LogP contribution in [-0.4, -0.2) is 23.0 Å². The van der Waals surface area contributed by atoms with Crippen LogP contribution in [0.2, 0.25) is 0 Å². The number of carbonyl (C=O) groups excluding carboxylic acids is 2. The lowest BCUT2D eigenvalue weighted by Crippen LogP contribution is -2.36. The van der Waals surface area contributed by atoms with E-state index in [-0.39, 0.29) is 17.9 Å². The van der Waals surface area contributed by atoms with Gasteiger partial charge in [0.05, 0.1) is 11.3 Å². The van der Waals surface area contributed by atoms with E-state index in [1.54, 1.807) is 6.92 Å². The van der Waals surface area contributed by atoms with Crippen LogP contribution in [0.25, 0.3) is 0 Å². The number of rotatable bonds is 5. The van der Waals surface area contributed by atoms with Gasteiger partial charge in [-0.15, -0.1) is 11.3 Å². The highest BCUT2D eigenvalue weighted by Crippen LogP contribution is 2.33. The fourth-order valence-corrected chi connectivity index (χ4v) is 4.66. The van der Waals surface area contributed by atoms with Gasteiger partial charge in [0, 0.05) is 10.9 Å². The molecule has 0 bridgehead atoms. The molecule has 0 atom stereocenters. The Morgan fingerprint density at radius 3 is 2.48 bits per heavy atom. The van der Waals surface area contributed by atoms with Crippen LogP contribution >= 0.6 is 11.3 Å². The van der Waals surface area contributed by atoms with Crippen LogP contribution in [0, 0.1) is 20.8 Å². The zero-order chi connectivity index (χ0) is 19.6. The first-order valence-electron chi connectivity index (χ1n) is 9.59. The van der Waals surface area contributed by atoms with Crippen molar-refractivity contribution in [3.05, 3.63) is 33.0 Å². The van der Waals surface area contributed by atoms with Gasteiger partial charge in [-0.1, -0.05) is 31.3 Å². The summed E-state index contributed by atoms with van der Waals surface area (Å²) >= 11 is 1.43. The van der Waals surface area contributed by atoms with Crippen LogP contribution in [0.4, 0.5) is 5.00 Å². The molecule has 0 spiro atoms. The number of hydrogen-bond acceptors (Lipinski definition) is 5. The van der Waals surface area contributed by atoms with Gasteiger partial charge in [0.25, 0.3) is 11.8 Å². The van der Waals surface area contributed by atoms with Gasteiger partial charge in [-0.05, 0) is 45.6 Å². The van der Waals surface area contributed by atoms with Crippen molar-refractivity contribution in [1.29, 1.82) is 0 Å². The molecule has 2 amide bonds. The molecule has 2 aromatic rings. The van der Waals surface area contributed by atoms with Crippen LogP contribution in [0.5, 0.6) is 0 Å². The lowest BCUT2D eigenvalue weighted by molar-refractivity contribution is 0.0928. The number of nitrogens with one attached hydrogen (secondary N) is 2. The van der Waals surface area contributed by atoms with E-state index in [0.29, 0.717) is 34.0 Å². The number of aromatic nitrogens is 1. The fraction of sp³-hybridized carbons (Fsp3) is 0.550. The number of amides is 2. The van der Waals surface area contributed by atoms with Crippen molar-refractivity contribution in [2.24, 2.45) is 0 Å². The fourth-order valence-electron chi connectivity index (χ4n) is 3.61. The van der Waals surface area contributed by atoms with E-state index in [1.165, 1.54) is 17.8 Å². The van der Waals surface area contributed by atoms with Gasteiger partial charge in [0.2, 0.25) is 0 Å². The highest BCUT2D eigenvalue weighted by atomic mass is 32.1. The average molecular weight is 390 g/mol. The summed E-state index contributed by atoms with van der Waals surface area (Å²) in [6, 6.07) is 0.224. The Kier molecular flexibility index (Phi) is 5.99. The topological polar surface area (TPSA) is 84.2 Å². The maximum Gasteiger partial charge on any atom is 0.261 e. The van der Waals surface area contributed by atoms with Crippen molar-refractivity contribution in [1.82, 2.24) is 10.5 Å². The number of hydrogen-bond donors (Lipinski definition) is 2. The number of nitrogens with zero attached hydrogens (tertiary/aromatic N) is 1. The van der Waals surface area contributed by atoms with Gasteiger partial charge in [-0.2, -0.15) is 0 Å². The first-order valence-corrected chi connectivity index (χ1v) is 10.4. The van der Waals surface area contributed by atoms with E-state index in [2.05, 4.69) is 15.8 Å². The molecule has 27 heavy (non-hydrogen) atoms. The van der Waals surface area contributed by atoms with Gasteiger partial charge in [0.1, 0.15) is 16.3 Å². The summed E-state index contributed by atoms with van der Waals surface area (Å²) in [5, 5.41) is 10.6. The molecule has 0 radical (unpaired) electrons. The zero-order valence-electron chi connectivity index (χ0n) is 16.4. The summed E-state index contributed by atoms with van der Waals surface area (Å²) < 4.78 is 5.17. The third-order valence-corrected chi connectivity index (χ3v) is 6.40. The SMILES string of the molecule is CCc1noc(C)c1C(=O)Nc1sc(C)c(C)c1C(=O)NC1CCCCC1. The Morgan fingerprint density at radius 2 is 1.81 bits per heavy atom. The van der Waals surface area contributed by atoms with Crippen LogP contribution in [0.3, 0.4) is 0 Å². The first-order chi connectivity index (χ1) is 12.9. The predicted molar refractivity (Wildman–Crippen MR) is 107 cm³/mol. The number of anilines is 1. The molecule has 7 heteroatoms. The molecule has 0 aromatic carbocycles. The second-order valence-corrected chi connectivity index (χ2v) is 8.39. The largest absolute Gasteiger partial charge is 0.361 e. The predicted octanol–water partition coefficient (Wildman–Crippen LogP) is 4.54. The second-order valence-electron chi connectivity index (χ2n) is 7.16. The lowest BCUT2D eigenvalue weighted by atomic mass is 9.95. The molecule has 0 aliphatic heterocycles. The van der Waals surface area contributed by atoms with Gasteiger partial charge in [-0.25, -0.2) is 0 Å². The molecule has 6 nitrogen and oxygen atoms in total. The van der Waals surface area contributed by atoms with Gasteiger partial charge < -0.3 is 15.2 Å². The van der Waals surface area contributed by atoms with Gasteiger partial charge >= 0.3 is 0 Å². The Morgan fingerprint density at radius 1 is 1.11 bits per heavy atom. The van der Waals surface area contributed by atoms with Crippen LogP contribution in [0.1, 0.15) is 81.6 Å². The van der Waals surface area contributed by atoms with Crippen molar-refractivity contribution in [3.63, 3.8) is 0 Å². The molecule has 3 rings (SSSR count). The molecule has 2 N–H and O–H groups in total. The maximum atomic E-state index is 12.9. The quantitative estimate of drug-likeness (QED) is 0.786. The van der Waals surface area contributed by atoms with Crippen molar-refractivity contribution in [3.8, 4) is 0 Å². The molecule has 0 saturated heterocycles. The minimum Gasteiger partial charge on any atom is -0.361 e. The van der Waals surface area contributed by atoms with Crippen LogP contribution < -0.4 is 10.6 Å². The molecular formula is C20H27N3O3S. The van der Waals surface area contributed by atoms with Crippen LogP contribution in [-0.2, 0) is 6.42 Å². The Labute approximate surface area is 163 Å². The molecule has 1 saturated carbocycles. The van der Waals surface area contributed by atoms with E-state index < -0.39 is 0 Å². The highest BCUT2D eigenvalue weighted by molar-refractivity contribution is 7.16. The maximum absolute atomic E-state index is 12.9. The number of carbonyl (C=O) groups is 2. The molecule has 146 valence electrons. The van der Waals surface area contributed by atoms with Crippen LogP contribution in [0.15, 0.2) is 4.52 Å². The molecule has 2 heterocycles. The molecular weight excluding hydrogens is 362 g/mol. The van der Waals surface area contributed by atoms with E-state index in [9.17, 15) is 9.59 Å². The first kappa shape index (κ1) is 19.6. The van der Waals surface area contributed by atoms with E-state index >= 15 is 0 Å². The zero-order valence-corrected chi connectivity index (χ0v) is 17.2. The van der Waals surface area contributed by atoms with Gasteiger partial charge in [0.15, 0.2) is 0 Å². The van der Waals surface area contributed by atoms with Crippen molar-refractivity contribution < 1.29 is 14.1 Å². The standard InChI is InChI=1S/C20H27N3O3S/c1-5-15-17(12(3)26-23-15)19(25)22-20-16(11(2)13(4)27-20)18(24)21-14-9-7-6-8-10-14/h14H,5-10H2,1-4H3,(H,21,24)(H,22,25). The normalized spacial score (nSPS) is 15.0. The highest BCUT2D eigenvalue weighted by Gasteiger charge is 2.26. The monoisotopic (exact) mass is 389 g/mol. The molecule has 1 aliphatic carbocycles. The Hall–Kier alpha value is -2.15. The molecule has 0 unspecified atom stereocenters. The summed E-state index contributed by atoms with van der Waals surface area (Å²) in [5.41, 5.74) is 2.58. The van der Waals surface area contributed by atoms with Crippen molar-refractivity contribution in [2.75, 3.05) is 5.32 Å². The molecule has 2 aromatic heterocycles. The smallest absolute Gasteiger partial charge is 0.261 e. The summed E-state index contributed by atoms with van der Waals surface area (Å²) in [4.78, 5) is 26.8. The summed E-state index contributed by atoms with van der Waals surface area (Å²) in [6.07, 6.45) is 6.20. The average Bonchev–Trinajstić information content (AvgIpc) is 3.15. The van der Waals surface area contributed by atoms with E-state index in [1.807, 2.05) is 20.8 Å². The number of aryl methyl sites for hydroxylation is 3. The second kappa shape index (κ2) is 8.25. The molecule has 1 fully saturated rings.